The van der Waals surface area contributed by atoms with Gasteiger partial charge in [-0.15, -0.1) is 0 Å². The Morgan fingerprint density at radius 3 is 2.60 bits per heavy atom. The van der Waals surface area contributed by atoms with E-state index in [2.05, 4.69) is 36.2 Å². The van der Waals surface area contributed by atoms with Gasteiger partial charge in [-0.3, -0.25) is 4.79 Å². The fourth-order valence-corrected chi connectivity index (χ4v) is 4.17. The molecule has 1 aliphatic rings. The van der Waals surface area contributed by atoms with Crippen LogP contribution in [0.4, 0.5) is 23.3 Å². The van der Waals surface area contributed by atoms with E-state index in [0.717, 1.165) is 23.7 Å². The molecule has 0 radical (unpaired) electrons. The van der Waals surface area contributed by atoms with Crippen LogP contribution >= 0.6 is 23.2 Å². The zero-order valence-corrected chi connectivity index (χ0v) is 20.7. The zero-order valence-electron chi connectivity index (χ0n) is 19.2. The molecule has 35 heavy (non-hydrogen) atoms. The Morgan fingerprint density at radius 2 is 1.89 bits per heavy atom. The maximum Gasteiger partial charge on any atom is 0.258 e. The molecule has 11 heteroatoms. The molecule has 2 aromatic heterocycles. The summed E-state index contributed by atoms with van der Waals surface area (Å²) in [5.74, 6) is 1.74. The van der Waals surface area contributed by atoms with Crippen LogP contribution in [0.25, 0.3) is 0 Å². The first-order valence-electron chi connectivity index (χ1n) is 11.3. The topological polar surface area (TPSA) is 124 Å². The Bertz CT molecular complexity index is 1180. The number of nitrogens with one attached hydrogen (secondary N) is 4. The molecule has 0 saturated heterocycles. The summed E-state index contributed by atoms with van der Waals surface area (Å²) in [5.41, 5.74) is 2.40. The number of hydrogen-bond acceptors (Lipinski definition) is 8. The second-order valence-electron chi connectivity index (χ2n) is 8.39. The molecule has 9 nitrogen and oxygen atoms in total. The van der Waals surface area contributed by atoms with Gasteiger partial charge in [0.15, 0.2) is 0 Å². The predicted octanol–water partition coefficient (Wildman–Crippen LogP) is 4.39. The average Bonchev–Trinajstić information content (AvgIpc) is 3.61. The average molecular weight is 516 g/mol. The van der Waals surface area contributed by atoms with Crippen LogP contribution in [0.1, 0.15) is 34.5 Å². The number of hydrogen-bond donors (Lipinski definition) is 5. The van der Waals surface area contributed by atoms with Crippen LogP contribution in [0.2, 0.25) is 10.0 Å². The summed E-state index contributed by atoms with van der Waals surface area (Å²) >= 11 is 12.8. The summed E-state index contributed by atoms with van der Waals surface area (Å²) in [6.45, 7) is 3.77. The van der Waals surface area contributed by atoms with Crippen molar-refractivity contribution in [3.8, 4) is 0 Å². The van der Waals surface area contributed by atoms with Crippen molar-refractivity contribution in [1.82, 2.24) is 20.3 Å². The van der Waals surface area contributed by atoms with E-state index in [-0.39, 0.29) is 12.2 Å². The van der Waals surface area contributed by atoms with Gasteiger partial charge in [-0.2, -0.15) is 4.98 Å². The number of aryl methyl sites for hydroxylation is 1. The molecule has 4 rings (SSSR count). The SMILES string of the molecule is Cc1cc(Nc2cc(NC(=O)c3c(Cl)cc(CNCC4CC4)cc3Cl)ccn2)nc(NCCO)n1. The van der Waals surface area contributed by atoms with E-state index in [0.29, 0.717) is 46.4 Å². The molecule has 5 N–H and O–H groups in total. The van der Waals surface area contributed by atoms with Gasteiger partial charge in [-0.25, -0.2) is 9.97 Å². The van der Waals surface area contributed by atoms with E-state index in [9.17, 15) is 4.79 Å². The van der Waals surface area contributed by atoms with E-state index < -0.39 is 5.91 Å². The minimum absolute atomic E-state index is 0.0303. The molecule has 2 heterocycles. The lowest BCUT2D eigenvalue weighted by molar-refractivity contribution is 0.102. The number of carbonyl (C=O) groups excluding carboxylic acids is 1. The molecule has 3 aromatic rings. The Balaban J connectivity index is 1.43. The lowest BCUT2D eigenvalue weighted by atomic mass is 10.1. The van der Waals surface area contributed by atoms with Gasteiger partial charge in [-0.1, -0.05) is 23.2 Å². The second kappa shape index (κ2) is 11.6. The Labute approximate surface area is 213 Å². The maximum atomic E-state index is 13.0. The molecule has 1 amide bonds. The third-order valence-electron chi connectivity index (χ3n) is 5.31. The fraction of sp³-hybridized carbons (Fsp3) is 0.333. The molecule has 0 bridgehead atoms. The van der Waals surface area contributed by atoms with Crippen molar-refractivity contribution in [2.45, 2.75) is 26.3 Å². The van der Waals surface area contributed by atoms with Crippen molar-refractivity contribution < 1.29 is 9.90 Å². The number of halogens is 2. The van der Waals surface area contributed by atoms with Crippen LogP contribution in [0.3, 0.4) is 0 Å². The van der Waals surface area contributed by atoms with Crippen LogP contribution in [-0.4, -0.2) is 45.7 Å². The molecule has 184 valence electrons. The van der Waals surface area contributed by atoms with Crippen molar-refractivity contribution in [2.24, 2.45) is 5.92 Å². The quantitative estimate of drug-likeness (QED) is 0.254. The third kappa shape index (κ3) is 7.25. The lowest BCUT2D eigenvalue weighted by Gasteiger charge is -2.12. The van der Waals surface area contributed by atoms with Gasteiger partial charge in [-0.05, 0) is 56.0 Å². The van der Waals surface area contributed by atoms with E-state index in [4.69, 9.17) is 28.3 Å². The zero-order chi connectivity index (χ0) is 24.8. The van der Waals surface area contributed by atoms with E-state index >= 15 is 0 Å². The first-order valence-corrected chi connectivity index (χ1v) is 12.1. The molecule has 1 saturated carbocycles. The van der Waals surface area contributed by atoms with Crippen molar-refractivity contribution in [1.29, 1.82) is 0 Å². The summed E-state index contributed by atoms with van der Waals surface area (Å²) in [6, 6.07) is 8.63. The molecule has 0 atom stereocenters. The number of rotatable bonds is 11. The molecule has 0 spiro atoms. The van der Waals surface area contributed by atoms with Gasteiger partial charge in [0.25, 0.3) is 5.91 Å². The normalized spacial score (nSPS) is 12.9. The number of aliphatic hydroxyl groups excluding tert-OH is 1. The van der Waals surface area contributed by atoms with Crippen molar-refractivity contribution in [3.63, 3.8) is 0 Å². The molecule has 0 aliphatic heterocycles. The summed E-state index contributed by atoms with van der Waals surface area (Å²) in [5, 5.41) is 21.8. The smallest absolute Gasteiger partial charge is 0.258 e. The molecule has 0 unspecified atom stereocenters. The highest BCUT2D eigenvalue weighted by atomic mass is 35.5. The van der Waals surface area contributed by atoms with Crippen LogP contribution in [-0.2, 0) is 6.54 Å². The minimum atomic E-state index is -0.414. The third-order valence-corrected chi connectivity index (χ3v) is 5.91. The van der Waals surface area contributed by atoms with E-state index in [1.165, 1.54) is 12.8 Å². The van der Waals surface area contributed by atoms with Crippen LogP contribution in [0, 0.1) is 12.8 Å². The number of benzene rings is 1. The number of anilines is 4. The van der Waals surface area contributed by atoms with Crippen LogP contribution in [0.5, 0.6) is 0 Å². The number of nitrogens with zero attached hydrogens (tertiary/aromatic N) is 3. The monoisotopic (exact) mass is 515 g/mol. The van der Waals surface area contributed by atoms with E-state index in [1.807, 2.05) is 6.92 Å². The predicted molar refractivity (Wildman–Crippen MR) is 139 cm³/mol. The van der Waals surface area contributed by atoms with Crippen LogP contribution in [0.15, 0.2) is 36.5 Å². The van der Waals surface area contributed by atoms with Gasteiger partial charge in [0.05, 0.1) is 22.2 Å². The van der Waals surface area contributed by atoms with Crippen molar-refractivity contribution >= 4 is 52.4 Å². The highest BCUT2D eigenvalue weighted by Gasteiger charge is 2.21. The summed E-state index contributed by atoms with van der Waals surface area (Å²) in [6.07, 6.45) is 4.12. The molecule has 1 aliphatic carbocycles. The van der Waals surface area contributed by atoms with Gasteiger partial charge >= 0.3 is 0 Å². The number of pyridine rings is 1. The number of amides is 1. The van der Waals surface area contributed by atoms with Gasteiger partial charge < -0.3 is 26.4 Å². The fourth-order valence-electron chi connectivity index (χ4n) is 3.47. The Hall–Kier alpha value is -2.98. The molecule has 1 fully saturated rings. The lowest BCUT2D eigenvalue weighted by Crippen LogP contribution is -2.17. The summed E-state index contributed by atoms with van der Waals surface area (Å²) in [7, 11) is 0. The van der Waals surface area contributed by atoms with Gasteiger partial charge in [0.1, 0.15) is 11.6 Å². The first kappa shape index (κ1) is 25.1. The molecular weight excluding hydrogens is 489 g/mol. The van der Waals surface area contributed by atoms with Crippen LogP contribution < -0.4 is 21.3 Å². The molecular formula is C24H27Cl2N7O2. The Morgan fingerprint density at radius 1 is 1.11 bits per heavy atom. The van der Waals surface area contributed by atoms with Crippen molar-refractivity contribution in [2.75, 3.05) is 35.6 Å². The second-order valence-corrected chi connectivity index (χ2v) is 9.20. The number of aromatic nitrogens is 3. The maximum absolute atomic E-state index is 13.0. The largest absolute Gasteiger partial charge is 0.395 e. The molecule has 1 aromatic carbocycles. The highest BCUT2D eigenvalue weighted by molar-refractivity contribution is 6.40. The minimum Gasteiger partial charge on any atom is -0.395 e. The summed E-state index contributed by atoms with van der Waals surface area (Å²) in [4.78, 5) is 25.9. The van der Waals surface area contributed by atoms with Crippen molar-refractivity contribution in [3.05, 3.63) is 63.4 Å². The first-order chi connectivity index (χ1) is 16.9. The number of aliphatic hydroxyl groups is 1. The highest BCUT2D eigenvalue weighted by Crippen LogP contribution is 2.29. The van der Waals surface area contributed by atoms with Gasteiger partial charge in [0, 0.05) is 42.8 Å². The summed E-state index contributed by atoms with van der Waals surface area (Å²) < 4.78 is 0. The number of carbonyl (C=O) groups is 1. The van der Waals surface area contributed by atoms with Gasteiger partial charge in [0.2, 0.25) is 5.95 Å². The van der Waals surface area contributed by atoms with E-state index in [1.54, 1.807) is 36.5 Å². The standard InChI is InChI=1S/C24H27Cl2N7O2/c1-14-8-21(33-24(30-14)29-6-7-34)32-20-11-17(4-5-28-20)31-23(35)22-18(25)9-16(10-19(22)26)13-27-12-15-2-3-15/h4-5,8-11,15,27,34H,2-3,6-7,12-13H2,1H3,(H3,28,29,30,31,32,33,35). The Kier molecular flexibility index (Phi) is 8.35.